The number of imidazole rings is 1. The zero-order valence-corrected chi connectivity index (χ0v) is 12.7. The van der Waals surface area contributed by atoms with Crippen molar-refractivity contribution in [1.29, 1.82) is 0 Å². The van der Waals surface area contributed by atoms with Gasteiger partial charge >= 0.3 is 0 Å². The van der Waals surface area contributed by atoms with E-state index in [9.17, 15) is 0 Å². The van der Waals surface area contributed by atoms with E-state index < -0.39 is 0 Å². The van der Waals surface area contributed by atoms with Gasteiger partial charge in [-0.25, -0.2) is 4.98 Å². The van der Waals surface area contributed by atoms with E-state index in [1.165, 1.54) is 0 Å². The Morgan fingerprint density at radius 2 is 2.11 bits per heavy atom. The van der Waals surface area contributed by atoms with Gasteiger partial charge in [-0.05, 0) is 40.9 Å². The van der Waals surface area contributed by atoms with Crippen LogP contribution in [0.2, 0.25) is 0 Å². The molecule has 1 rings (SSSR count). The third kappa shape index (κ3) is 3.56. The van der Waals surface area contributed by atoms with Crippen LogP contribution in [0.5, 0.6) is 0 Å². The molecule has 4 heteroatoms. The molecule has 1 atom stereocenters. The van der Waals surface area contributed by atoms with Gasteiger partial charge in [0.1, 0.15) is 5.82 Å². The van der Waals surface area contributed by atoms with Crippen LogP contribution in [0.1, 0.15) is 33.0 Å². The fraction of sp³-hybridized carbons (Fsp3) is 0.786. The van der Waals surface area contributed by atoms with Crippen molar-refractivity contribution >= 4 is 0 Å². The van der Waals surface area contributed by atoms with Gasteiger partial charge in [0.25, 0.3) is 0 Å². The lowest BCUT2D eigenvalue weighted by Gasteiger charge is -2.40. The fourth-order valence-corrected chi connectivity index (χ4v) is 2.17. The minimum Gasteiger partial charge on any atom is -0.338 e. The Morgan fingerprint density at radius 3 is 2.56 bits per heavy atom. The van der Waals surface area contributed by atoms with Crippen LogP contribution < -0.4 is 5.32 Å². The summed E-state index contributed by atoms with van der Waals surface area (Å²) in [4.78, 5) is 6.69. The van der Waals surface area contributed by atoms with E-state index in [2.05, 4.69) is 61.7 Å². The Labute approximate surface area is 111 Å². The first kappa shape index (κ1) is 15.2. The zero-order chi connectivity index (χ0) is 13.8. The molecule has 0 saturated carbocycles. The van der Waals surface area contributed by atoms with Crippen LogP contribution in [0, 0.1) is 0 Å². The molecule has 0 aliphatic carbocycles. The van der Waals surface area contributed by atoms with Gasteiger partial charge in [-0.15, -0.1) is 0 Å². The van der Waals surface area contributed by atoms with Gasteiger partial charge in [0.2, 0.25) is 0 Å². The third-order valence-corrected chi connectivity index (χ3v) is 4.03. The highest BCUT2D eigenvalue weighted by atomic mass is 15.2. The van der Waals surface area contributed by atoms with Crippen molar-refractivity contribution in [3.05, 3.63) is 18.2 Å². The van der Waals surface area contributed by atoms with Crippen LogP contribution in [0.25, 0.3) is 0 Å². The lowest BCUT2D eigenvalue weighted by atomic mass is 9.89. The molecule has 0 radical (unpaired) electrons. The topological polar surface area (TPSA) is 33.1 Å². The molecule has 0 aliphatic rings. The molecule has 0 amide bonds. The lowest BCUT2D eigenvalue weighted by Crippen LogP contribution is -2.55. The first-order valence-electron chi connectivity index (χ1n) is 6.76. The molecule has 18 heavy (non-hydrogen) atoms. The minimum absolute atomic E-state index is 0.140. The van der Waals surface area contributed by atoms with Crippen molar-refractivity contribution in [2.75, 3.05) is 20.6 Å². The van der Waals surface area contributed by atoms with Crippen molar-refractivity contribution < 1.29 is 0 Å². The number of aryl methyl sites for hydroxylation is 2. The first-order chi connectivity index (χ1) is 8.39. The summed E-state index contributed by atoms with van der Waals surface area (Å²) in [7, 11) is 6.35. The Kier molecular flexibility index (Phi) is 5.35. The van der Waals surface area contributed by atoms with E-state index in [1.54, 1.807) is 0 Å². The Hall–Kier alpha value is -0.870. The molecule has 0 aliphatic heterocycles. The molecule has 0 fully saturated rings. The molecule has 1 heterocycles. The third-order valence-electron chi connectivity index (χ3n) is 4.03. The maximum atomic E-state index is 4.40. The quantitative estimate of drug-likeness (QED) is 0.801. The normalized spacial score (nSPS) is 14.2. The zero-order valence-electron chi connectivity index (χ0n) is 12.7. The van der Waals surface area contributed by atoms with Crippen LogP contribution >= 0.6 is 0 Å². The Morgan fingerprint density at radius 1 is 1.44 bits per heavy atom. The number of likely N-dealkylation sites (N-methyl/N-ethyl adjacent to an activating group) is 2. The van der Waals surface area contributed by atoms with Gasteiger partial charge in [0, 0.05) is 37.4 Å². The summed E-state index contributed by atoms with van der Waals surface area (Å²) in [5.74, 6) is 1.16. The molecule has 4 nitrogen and oxygen atoms in total. The first-order valence-corrected chi connectivity index (χ1v) is 6.76. The van der Waals surface area contributed by atoms with E-state index in [0.717, 1.165) is 25.2 Å². The highest BCUT2D eigenvalue weighted by molar-refractivity contribution is 4.96. The monoisotopic (exact) mass is 252 g/mol. The average Bonchev–Trinajstić information content (AvgIpc) is 2.69. The van der Waals surface area contributed by atoms with Gasteiger partial charge in [-0.2, -0.15) is 0 Å². The minimum atomic E-state index is 0.140. The van der Waals surface area contributed by atoms with Crippen LogP contribution in [0.3, 0.4) is 0 Å². The summed E-state index contributed by atoms with van der Waals surface area (Å²) in [6.45, 7) is 7.75. The number of nitrogens with zero attached hydrogens (tertiary/aromatic N) is 3. The maximum Gasteiger partial charge on any atom is 0.108 e. The molecule has 104 valence electrons. The SMILES string of the molecule is CCNC(CCc1nccn1C)C(C)(C)N(C)C. The second kappa shape index (κ2) is 6.34. The predicted molar refractivity (Wildman–Crippen MR) is 76.8 cm³/mol. The van der Waals surface area contributed by atoms with E-state index >= 15 is 0 Å². The van der Waals surface area contributed by atoms with E-state index in [1.807, 2.05) is 12.4 Å². The molecular weight excluding hydrogens is 224 g/mol. The number of hydrogen-bond acceptors (Lipinski definition) is 3. The largest absolute Gasteiger partial charge is 0.338 e. The van der Waals surface area contributed by atoms with Gasteiger partial charge in [0.15, 0.2) is 0 Å². The summed E-state index contributed by atoms with van der Waals surface area (Å²) < 4.78 is 2.10. The smallest absolute Gasteiger partial charge is 0.108 e. The van der Waals surface area contributed by atoms with Crippen LogP contribution in [0.15, 0.2) is 12.4 Å². The number of hydrogen-bond donors (Lipinski definition) is 1. The molecule has 0 bridgehead atoms. The van der Waals surface area contributed by atoms with Crippen molar-refractivity contribution in [1.82, 2.24) is 19.8 Å². The van der Waals surface area contributed by atoms with E-state index in [4.69, 9.17) is 0 Å². The molecule has 1 aromatic rings. The number of nitrogens with one attached hydrogen (secondary N) is 1. The number of rotatable bonds is 7. The van der Waals surface area contributed by atoms with Crippen molar-refractivity contribution in [3.63, 3.8) is 0 Å². The average molecular weight is 252 g/mol. The van der Waals surface area contributed by atoms with Crippen LogP contribution in [0.4, 0.5) is 0 Å². The standard InChI is InChI=1S/C14H28N4/c1-7-15-12(14(2,3)17(4)5)8-9-13-16-10-11-18(13)6/h10-12,15H,7-9H2,1-6H3. The molecule has 1 N–H and O–H groups in total. The van der Waals surface area contributed by atoms with Gasteiger partial charge in [-0.3, -0.25) is 0 Å². The van der Waals surface area contributed by atoms with Crippen molar-refractivity contribution in [2.24, 2.45) is 7.05 Å². The predicted octanol–water partition coefficient (Wildman–Crippen LogP) is 1.67. The summed E-state index contributed by atoms with van der Waals surface area (Å²) in [5.41, 5.74) is 0.140. The molecule has 0 spiro atoms. The van der Waals surface area contributed by atoms with Crippen LogP contribution in [-0.4, -0.2) is 46.7 Å². The second-order valence-electron chi connectivity index (χ2n) is 5.65. The Bertz CT molecular complexity index is 354. The number of aromatic nitrogens is 2. The summed E-state index contributed by atoms with van der Waals surface area (Å²) >= 11 is 0. The second-order valence-corrected chi connectivity index (χ2v) is 5.65. The molecule has 0 aromatic carbocycles. The van der Waals surface area contributed by atoms with Crippen LogP contribution in [-0.2, 0) is 13.5 Å². The van der Waals surface area contributed by atoms with Gasteiger partial charge < -0.3 is 14.8 Å². The van der Waals surface area contributed by atoms with E-state index in [-0.39, 0.29) is 5.54 Å². The van der Waals surface area contributed by atoms with Gasteiger partial charge in [0.05, 0.1) is 0 Å². The summed E-state index contributed by atoms with van der Waals surface area (Å²) in [6, 6.07) is 0.467. The lowest BCUT2D eigenvalue weighted by molar-refractivity contribution is 0.133. The fourth-order valence-electron chi connectivity index (χ4n) is 2.17. The Balaban J connectivity index is 2.66. The maximum absolute atomic E-state index is 4.40. The summed E-state index contributed by atoms with van der Waals surface area (Å²) in [5, 5.41) is 3.61. The van der Waals surface area contributed by atoms with Crippen molar-refractivity contribution in [3.8, 4) is 0 Å². The van der Waals surface area contributed by atoms with Gasteiger partial charge in [-0.1, -0.05) is 6.92 Å². The highest BCUT2D eigenvalue weighted by Crippen LogP contribution is 2.19. The molecule has 1 aromatic heterocycles. The molecule has 0 saturated heterocycles. The molecule has 1 unspecified atom stereocenters. The summed E-state index contributed by atoms with van der Waals surface area (Å²) in [6.07, 6.45) is 5.99. The van der Waals surface area contributed by atoms with Crippen molar-refractivity contribution in [2.45, 2.75) is 45.2 Å². The van der Waals surface area contributed by atoms with E-state index in [0.29, 0.717) is 6.04 Å². The highest BCUT2D eigenvalue weighted by Gasteiger charge is 2.30. The molecular formula is C14H28N4.